The molecule has 126 valence electrons. The van der Waals surface area contributed by atoms with Gasteiger partial charge in [-0.3, -0.25) is 9.47 Å². The second-order valence-electron chi connectivity index (χ2n) is 6.52. The van der Waals surface area contributed by atoms with E-state index < -0.39 is 0 Å². The Hall–Kier alpha value is -2.77. The zero-order valence-electron chi connectivity index (χ0n) is 14.3. The van der Waals surface area contributed by atoms with Crippen LogP contribution in [0.5, 0.6) is 0 Å². The Labute approximate surface area is 149 Å². The molecule has 0 fully saturated rings. The van der Waals surface area contributed by atoms with Gasteiger partial charge in [0.05, 0.1) is 12.9 Å². The van der Waals surface area contributed by atoms with E-state index in [1.165, 1.54) is 16.8 Å². The molecule has 2 aliphatic heterocycles. The smallest absolute Gasteiger partial charge is 0.0914 e. The summed E-state index contributed by atoms with van der Waals surface area (Å²) in [4.78, 5) is 9.41. The van der Waals surface area contributed by atoms with Crippen molar-refractivity contribution in [2.75, 3.05) is 26.2 Å². The molecule has 0 bridgehead atoms. The largest absolute Gasteiger partial charge is 0.354 e. The molecule has 0 aliphatic carbocycles. The standard InChI is InChI=1S/C21H22N4/c1-2-7-19(8-3-1)15-25-17-20-16-24(14-9-21(20)22-18-25)13-6-12-23-10-4-5-11-23/h1-5,7-8,10-11,18H,9,13-17H2. The summed E-state index contributed by atoms with van der Waals surface area (Å²) in [6.07, 6.45) is 6.98. The van der Waals surface area contributed by atoms with E-state index in [0.717, 1.165) is 39.1 Å². The van der Waals surface area contributed by atoms with Gasteiger partial charge in [0.2, 0.25) is 0 Å². The molecule has 2 aliphatic rings. The lowest BCUT2D eigenvalue weighted by molar-refractivity contribution is 0.300. The highest BCUT2D eigenvalue weighted by Gasteiger charge is 2.22. The molecule has 4 nitrogen and oxygen atoms in total. The Kier molecular flexibility index (Phi) is 4.67. The van der Waals surface area contributed by atoms with Gasteiger partial charge in [-0.05, 0) is 23.3 Å². The predicted molar refractivity (Wildman–Crippen MR) is 101 cm³/mol. The number of hydrogen-bond donors (Lipinski definition) is 0. The van der Waals surface area contributed by atoms with Crippen LogP contribution in [0, 0.1) is 12.0 Å². The molecule has 0 spiro atoms. The molecule has 0 radical (unpaired) electrons. The number of nitrogens with zero attached hydrogens (tertiary/aromatic N) is 4. The Morgan fingerprint density at radius 1 is 1.00 bits per heavy atom. The van der Waals surface area contributed by atoms with Crippen molar-refractivity contribution in [3.8, 4) is 12.0 Å². The summed E-state index contributed by atoms with van der Waals surface area (Å²) in [5.41, 5.74) is 4.04. The van der Waals surface area contributed by atoms with Crippen molar-refractivity contribution in [1.29, 1.82) is 0 Å². The van der Waals surface area contributed by atoms with Crippen molar-refractivity contribution in [2.24, 2.45) is 4.99 Å². The Morgan fingerprint density at radius 2 is 1.84 bits per heavy atom. The van der Waals surface area contributed by atoms with Gasteiger partial charge in [0.1, 0.15) is 0 Å². The van der Waals surface area contributed by atoms with E-state index in [4.69, 9.17) is 4.99 Å². The molecule has 25 heavy (non-hydrogen) atoms. The third kappa shape index (κ3) is 4.01. The molecule has 4 rings (SSSR count). The number of rotatable bonds is 3. The maximum Gasteiger partial charge on any atom is 0.0914 e. The normalized spacial score (nSPS) is 17.2. The third-order valence-electron chi connectivity index (χ3n) is 4.60. The lowest BCUT2D eigenvalue weighted by Crippen LogP contribution is -2.38. The first-order valence-electron chi connectivity index (χ1n) is 8.74. The lowest BCUT2D eigenvalue weighted by Gasteiger charge is -2.33. The first kappa shape index (κ1) is 15.7. The van der Waals surface area contributed by atoms with E-state index in [1.54, 1.807) is 0 Å². The van der Waals surface area contributed by atoms with Crippen LogP contribution in [0.25, 0.3) is 0 Å². The zero-order chi connectivity index (χ0) is 16.9. The van der Waals surface area contributed by atoms with Crippen molar-refractivity contribution in [3.63, 3.8) is 0 Å². The molecule has 0 N–H and O–H groups in total. The number of benzene rings is 1. The van der Waals surface area contributed by atoms with Gasteiger partial charge in [-0.15, -0.1) is 0 Å². The maximum atomic E-state index is 4.70. The topological polar surface area (TPSA) is 23.8 Å². The average molecular weight is 330 g/mol. The van der Waals surface area contributed by atoms with E-state index in [1.807, 2.05) is 35.4 Å². The van der Waals surface area contributed by atoms with Crippen LogP contribution in [0.15, 0.2) is 71.1 Å². The molecule has 1 aromatic heterocycles. The summed E-state index contributed by atoms with van der Waals surface area (Å²) in [6.45, 7) is 4.69. The minimum absolute atomic E-state index is 0.803. The van der Waals surface area contributed by atoms with Gasteiger partial charge in [0.15, 0.2) is 0 Å². The summed E-state index contributed by atoms with van der Waals surface area (Å²) >= 11 is 0. The molecule has 3 heterocycles. The quantitative estimate of drug-likeness (QED) is 0.808. The van der Waals surface area contributed by atoms with Crippen LogP contribution in [-0.4, -0.2) is 46.9 Å². The molecule has 0 unspecified atom stereocenters. The monoisotopic (exact) mass is 330 g/mol. The summed E-state index contributed by atoms with van der Waals surface area (Å²) < 4.78 is 1.90. The van der Waals surface area contributed by atoms with Gasteiger partial charge in [-0.25, -0.2) is 4.99 Å². The first-order valence-corrected chi connectivity index (χ1v) is 8.74. The molecule has 0 amide bonds. The van der Waals surface area contributed by atoms with E-state index in [-0.39, 0.29) is 0 Å². The summed E-state index contributed by atoms with van der Waals surface area (Å²) in [7, 11) is 0. The summed E-state index contributed by atoms with van der Waals surface area (Å²) in [5, 5.41) is 0. The second-order valence-corrected chi connectivity index (χ2v) is 6.52. The maximum absolute atomic E-state index is 4.70. The molecule has 1 aromatic carbocycles. The molecule has 4 heteroatoms. The average Bonchev–Trinajstić information content (AvgIpc) is 3.16. The highest BCUT2D eigenvalue weighted by atomic mass is 15.2. The van der Waals surface area contributed by atoms with Gasteiger partial charge in [0, 0.05) is 56.7 Å². The van der Waals surface area contributed by atoms with Crippen LogP contribution in [-0.2, 0) is 6.54 Å². The SMILES string of the molecule is C(#Cn1cccc1)CN1CCC2=C(CN(Cc3ccccc3)C=N2)C1. The highest BCUT2D eigenvalue weighted by molar-refractivity contribution is 5.60. The van der Waals surface area contributed by atoms with Crippen molar-refractivity contribution < 1.29 is 0 Å². The van der Waals surface area contributed by atoms with Crippen LogP contribution < -0.4 is 0 Å². The number of hydrogen-bond acceptors (Lipinski definition) is 3. The lowest BCUT2D eigenvalue weighted by atomic mass is 10.0. The Balaban J connectivity index is 1.35. The Morgan fingerprint density at radius 3 is 2.68 bits per heavy atom. The van der Waals surface area contributed by atoms with Gasteiger partial charge >= 0.3 is 0 Å². The molecule has 2 aromatic rings. The third-order valence-corrected chi connectivity index (χ3v) is 4.60. The molecular formula is C21H22N4. The van der Waals surface area contributed by atoms with Gasteiger partial charge in [0.25, 0.3) is 0 Å². The van der Waals surface area contributed by atoms with E-state index in [2.05, 4.69) is 52.1 Å². The van der Waals surface area contributed by atoms with Crippen LogP contribution >= 0.6 is 0 Å². The second kappa shape index (κ2) is 7.42. The van der Waals surface area contributed by atoms with Gasteiger partial charge in [-0.2, -0.15) is 0 Å². The van der Waals surface area contributed by atoms with Crippen molar-refractivity contribution in [1.82, 2.24) is 14.4 Å². The highest BCUT2D eigenvalue weighted by Crippen LogP contribution is 2.23. The summed E-state index contributed by atoms with van der Waals surface area (Å²) in [5.74, 6) is 3.27. The van der Waals surface area contributed by atoms with E-state index in [0.29, 0.717) is 0 Å². The fourth-order valence-electron chi connectivity index (χ4n) is 3.31. The Bertz CT molecular complexity index is 822. The van der Waals surface area contributed by atoms with Crippen LogP contribution in [0.1, 0.15) is 12.0 Å². The van der Waals surface area contributed by atoms with Crippen molar-refractivity contribution >= 4 is 6.34 Å². The molecule has 0 saturated carbocycles. The van der Waals surface area contributed by atoms with E-state index >= 15 is 0 Å². The number of aromatic nitrogens is 1. The first-order chi connectivity index (χ1) is 12.4. The summed E-state index contributed by atoms with van der Waals surface area (Å²) in [6, 6.07) is 17.7. The van der Waals surface area contributed by atoms with Gasteiger partial charge in [-0.1, -0.05) is 36.3 Å². The predicted octanol–water partition coefficient (Wildman–Crippen LogP) is 2.80. The molecule has 0 atom stereocenters. The fourth-order valence-corrected chi connectivity index (χ4v) is 3.31. The van der Waals surface area contributed by atoms with Crippen LogP contribution in [0.4, 0.5) is 0 Å². The van der Waals surface area contributed by atoms with Gasteiger partial charge < -0.3 is 4.90 Å². The zero-order valence-corrected chi connectivity index (χ0v) is 14.3. The van der Waals surface area contributed by atoms with Crippen molar-refractivity contribution in [3.05, 3.63) is 71.7 Å². The van der Waals surface area contributed by atoms with Crippen molar-refractivity contribution in [2.45, 2.75) is 13.0 Å². The molecule has 0 saturated heterocycles. The minimum atomic E-state index is 0.803. The number of aliphatic imine (C=N–C) groups is 1. The minimum Gasteiger partial charge on any atom is -0.354 e. The van der Waals surface area contributed by atoms with E-state index in [9.17, 15) is 0 Å². The fraction of sp³-hybridized carbons (Fsp3) is 0.286. The van der Waals surface area contributed by atoms with Crippen LogP contribution in [0.3, 0.4) is 0 Å². The van der Waals surface area contributed by atoms with Crippen LogP contribution in [0.2, 0.25) is 0 Å². The molecular weight excluding hydrogens is 308 g/mol.